The maximum atomic E-state index is 12.2. The number of carbonyl (C=O) groups is 1. The number of para-hydroxylation sites is 1. The third kappa shape index (κ3) is 2.98. The van der Waals surface area contributed by atoms with Crippen molar-refractivity contribution in [3.8, 4) is 5.75 Å². The Morgan fingerprint density at radius 2 is 2.37 bits per heavy atom. The van der Waals surface area contributed by atoms with E-state index in [1.807, 2.05) is 6.92 Å². The molecule has 5 heteroatoms. The lowest BCUT2D eigenvalue weighted by Crippen LogP contribution is -2.38. The number of nitrogen functional groups attached to an aromatic ring is 1. The first-order valence-electron chi connectivity index (χ1n) is 6.44. The molecule has 1 aromatic rings. The first-order valence-corrected chi connectivity index (χ1v) is 6.44. The molecule has 3 N–H and O–H groups in total. The Hall–Kier alpha value is -1.75. The summed E-state index contributed by atoms with van der Waals surface area (Å²) < 4.78 is 10.4. The van der Waals surface area contributed by atoms with E-state index >= 15 is 0 Å². The molecule has 0 bridgehead atoms. The van der Waals surface area contributed by atoms with E-state index in [0.29, 0.717) is 29.5 Å². The molecule has 1 aromatic carbocycles. The summed E-state index contributed by atoms with van der Waals surface area (Å²) in [6.07, 6.45) is 0.981. The predicted octanol–water partition coefficient (Wildman–Crippen LogP) is 1.43. The van der Waals surface area contributed by atoms with Crippen LogP contribution in [-0.4, -0.2) is 32.3 Å². The van der Waals surface area contributed by atoms with E-state index in [-0.39, 0.29) is 11.9 Å². The molecule has 1 amide bonds. The highest BCUT2D eigenvalue weighted by Gasteiger charge is 2.24. The zero-order valence-electron chi connectivity index (χ0n) is 11.3. The van der Waals surface area contributed by atoms with Crippen LogP contribution in [0.1, 0.15) is 23.7 Å². The molecule has 1 aliphatic rings. The van der Waals surface area contributed by atoms with Crippen molar-refractivity contribution in [2.45, 2.75) is 19.4 Å². The summed E-state index contributed by atoms with van der Waals surface area (Å²) in [5.74, 6) is 0.719. The number of nitrogens with two attached hydrogens (primary N) is 1. The average molecular weight is 264 g/mol. The fourth-order valence-electron chi connectivity index (χ4n) is 2.27. The molecular formula is C14H20N2O3. The molecule has 1 saturated heterocycles. The quantitative estimate of drug-likeness (QED) is 0.807. The van der Waals surface area contributed by atoms with Gasteiger partial charge in [-0.25, -0.2) is 0 Å². The maximum absolute atomic E-state index is 12.2. The molecule has 2 atom stereocenters. The Kier molecular flexibility index (Phi) is 4.27. The third-order valence-electron chi connectivity index (χ3n) is 3.56. The number of rotatable bonds is 4. The average Bonchev–Trinajstić information content (AvgIpc) is 2.92. The van der Waals surface area contributed by atoms with Crippen molar-refractivity contribution in [2.75, 3.05) is 26.1 Å². The van der Waals surface area contributed by atoms with Crippen molar-refractivity contribution in [1.29, 1.82) is 0 Å². The number of amides is 1. The summed E-state index contributed by atoms with van der Waals surface area (Å²) in [6, 6.07) is 5.26. The van der Waals surface area contributed by atoms with Crippen molar-refractivity contribution < 1.29 is 14.3 Å². The Bertz CT molecular complexity index is 456. The van der Waals surface area contributed by atoms with Crippen molar-refractivity contribution in [1.82, 2.24) is 5.32 Å². The number of anilines is 1. The Balaban J connectivity index is 2.07. The van der Waals surface area contributed by atoms with Crippen LogP contribution in [0.15, 0.2) is 18.2 Å². The molecule has 0 spiro atoms. The van der Waals surface area contributed by atoms with Gasteiger partial charge in [-0.15, -0.1) is 0 Å². The van der Waals surface area contributed by atoms with Gasteiger partial charge in [0.1, 0.15) is 5.75 Å². The largest absolute Gasteiger partial charge is 0.495 e. The summed E-state index contributed by atoms with van der Waals surface area (Å²) in [5, 5.41) is 2.98. The van der Waals surface area contributed by atoms with Crippen molar-refractivity contribution in [3.63, 3.8) is 0 Å². The highest BCUT2D eigenvalue weighted by atomic mass is 16.5. The molecular weight excluding hydrogens is 244 g/mol. The van der Waals surface area contributed by atoms with Crippen LogP contribution >= 0.6 is 0 Å². The van der Waals surface area contributed by atoms with Gasteiger partial charge in [0, 0.05) is 18.6 Å². The van der Waals surface area contributed by atoms with E-state index in [4.69, 9.17) is 15.2 Å². The van der Waals surface area contributed by atoms with Crippen LogP contribution in [0.4, 0.5) is 5.69 Å². The topological polar surface area (TPSA) is 73.6 Å². The van der Waals surface area contributed by atoms with E-state index in [1.165, 1.54) is 7.11 Å². The molecule has 2 rings (SSSR count). The Labute approximate surface area is 113 Å². The number of benzene rings is 1. The van der Waals surface area contributed by atoms with Crippen molar-refractivity contribution >= 4 is 11.6 Å². The van der Waals surface area contributed by atoms with Gasteiger partial charge in [0.05, 0.1) is 25.0 Å². The van der Waals surface area contributed by atoms with Crippen LogP contribution in [0, 0.1) is 5.92 Å². The van der Waals surface area contributed by atoms with E-state index < -0.39 is 0 Å². The van der Waals surface area contributed by atoms with Crippen LogP contribution in [0.2, 0.25) is 0 Å². The van der Waals surface area contributed by atoms with Crippen molar-refractivity contribution in [3.05, 3.63) is 23.8 Å². The second-order valence-electron chi connectivity index (χ2n) is 4.81. The smallest absolute Gasteiger partial charge is 0.253 e. The zero-order chi connectivity index (χ0) is 13.8. The molecule has 5 nitrogen and oxygen atoms in total. The lowest BCUT2D eigenvalue weighted by Gasteiger charge is -2.20. The van der Waals surface area contributed by atoms with Gasteiger partial charge >= 0.3 is 0 Å². The summed E-state index contributed by atoms with van der Waals surface area (Å²) >= 11 is 0. The van der Waals surface area contributed by atoms with Crippen LogP contribution in [0.3, 0.4) is 0 Å². The SMILES string of the molecule is COc1cccc(C(=O)NC(C)C2CCOC2)c1N. The van der Waals surface area contributed by atoms with Crippen molar-refractivity contribution in [2.24, 2.45) is 5.92 Å². The molecule has 0 saturated carbocycles. The summed E-state index contributed by atoms with van der Waals surface area (Å²) in [5.41, 5.74) is 6.74. The van der Waals surface area contributed by atoms with E-state index in [9.17, 15) is 4.79 Å². The van der Waals surface area contributed by atoms with E-state index in [2.05, 4.69) is 5.32 Å². The van der Waals surface area contributed by atoms with Crippen LogP contribution < -0.4 is 15.8 Å². The normalized spacial score (nSPS) is 20.0. The highest BCUT2D eigenvalue weighted by Crippen LogP contribution is 2.25. The summed E-state index contributed by atoms with van der Waals surface area (Å²) in [6.45, 7) is 3.47. The monoisotopic (exact) mass is 264 g/mol. The van der Waals surface area contributed by atoms with Gasteiger partial charge in [-0.05, 0) is 25.5 Å². The number of nitrogens with one attached hydrogen (secondary N) is 1. The van der Waals surface area contributed by atoms with Gasteiger partial charge in [-0.2, -0.15) is 0 Å². The molecule has 1 fully saturated rings. The second kappa shape index (κ2) is 5.93. The minimum absolute atomic E-state index is 0.0700. The number of hydrogen-bond acceptors (Lipinski definition) is 4. The van der Waals surface area contributed by atoms with Crippen LogP contribution in [0.25, 0.3) is 0 Å². The molecule has 0 aromatic heterocycles. The summed E-state index contributed by atoms with van der Waals surface area (Å²) in [4.78, 5) is 12.2. The standard InChI is InChI=1S/C14H20N2O3/c1-9(10-6-7-19-8-10)16-14(17)11-4-3-5-12(18-2)13(11)15/h3-5,9-10H,6-8,15H2,1-2H3,(H,16,17). The number of hydrogen-bond donors (Lipinski definition) is 2. The fourth-order valence-corrected chi connectivity index (χ4v) is 2.27. The third-order valence-corrected chi connectivity index (χ3v) is 3.56. The van der Waals surface area contributed by atoms with Gasteiger partial charge in [0.15, 0.2) is 0 Å². The number of carbonyl (C=O) groups excluding carboxylic acids is 1. The van der Waals surface area contributed by atoms with E-state index in [1.54, 1.807) is 18.2 Å². The Morgan fingerprint density at radius 1 is 1.58 bits per heavy atom. The maximum Gasteiger partial charge on any atom is 0.253 e. The molecule has 19 heavy (non-hydrogen) atoms. The minimum Gasteiger partial charge on any atom is -0.495 e. The second-order valence-corrected chi connectivity index (χ2v) is 4.81. The molecule has 0 radical (unpaired) electrons. The highest BCUT2D eigenvalue weighted by molar-refractivity contribution is 6.00. The molecule has 104 valence electrons. The van der Waals surface area contributed by atoms with Crippen LogP contribution in [0.5, 0.6) is 5.75 Å². The van der Waals surface area contributed by atoms with Gasteiger partial charge in [-0.1, -0.05) is 6.07 Å². The molecule has 2 unspecified atom stereocenters. The molecule has 1 aliphatic heterocycles. The number of methoxy groups -OCH3 is 1. The van der Waals surface area contributed by atoms with Gasteiger partial charge in [-0.3, -0.25) is 4.79 Å². The summed E-state index contributed by atoms with van der Waals surface area (Å²) in [7, 11) is 1.53. The van der Waals surface area contributed by atoms with Gasteiger partial charge in [0.25, 0.3) is 5.91 Å². The van der Waals surface area contributed by atoms with Gasteiger partial charge < -0.3 is 20.5 Å². The first kappa shape index (κ1) is 13.7. The lowest BCUT2D eigenvalue weighted by molar-refractivity contribution is 0.0923. The predicted molar refractivity (Wildman–Crippen MR) is 73.3 cm³/mol. The molecule has 1 heterocycles. The zero-order valence-corrected chi connectivity index (χ0v) is 11.3. The van der Waals surface area contributed by atoms with Crippen LogP contribution in [-0.2, 0) is 4.74 Å². The lowest BCUT2D eigenvalue weighted by atomic mass is 10.00. The van der Waals surface area contributed by atoms with E-state index in [0.717, 1.165) is 13.0 Å². The number of ether oxygens (including phenoxy) is 2. The minimum atomic E-state index is -0.171. The first-order chi connectivity index (χ1) is 9.13. The molecule has 0 aliphatic carbocycles. The van der Waals surface area contributed by atoms with Gasteiger partial charge in [0.2, 0.25) is 0 Å². The Morgan fingerprint density at radius 3 is 3.00 bits per heavy atom. The fraction of sp³-hybridized carbons (Fsp3) is 0.500.